The van der Waals surface area contributed by atoms with Crippen molar-refractivity contribution in [2.45, 2.75) is 55.4 Å². The van der Waals surface area contributed by atoms with Crippen LogP contribution in [0.25, 0.3) is 0 Å². The first-order valence-electron chi connectivity index (χ1n) is 10.1. The summed E-state index contributed by atoms with van der Waals surface area (Å²) in [6.07, 6.45) is 3.23. The average molecular weight is 405 g/mol. The number of rotatable bonds is 0. The molecule has 1 aromatic carbocycles. The molecule has 3 rings (SSSR count). The summed E-state index contributed by atoms with van der Waals surface area (Å²) >= 11 is 0. The van der Waals surface area contributed by atoms with Crippen LogP contribution in [0.3, 0.4) is 0 Å². The topological polar surface area (TPSA) is 68.3 Å². The molecule has 30 heavy (non-hydrogen) atoms. The summed E-state index contributed by atoms with van der Waals surface area (Å²) < 4.78 is 0. The molecule has 1 aromatic rings. The van der Waals surface area contributed by atoms with E-state index in [1.54, 1.807) is 38.1 Å². The third kappa shape index (κ3) is 3.34. The Morgan fingerprint density at radius 1 is 0.567 bits per heavy atom. The lowest BCUT2D eigenvalue weighted by Crippen LogP contribution is -2.34. The molecule has 2 aliphatic rings. The summed E-state index contributed by atoms with van der Waals surface area (Å²) in [5.74, 6) is -2.01. The van der Waals surface area contributed by atoms with Gasteiger partial charge in [0.1, 0.15) is 0 Å². The molecule has 4 heteroatoms. The Hall–Kier alpha value is -2.88. The van der Waals surface area contributed by atoms with Gasteiger partial charge in [0, 0.05) is 22.3 Å². The fourth-order valence-corrected chi connectivity index (χ4v) is 4.00. The Morgan fingerprint density at radius 3 is 1.37 bits per heavy atom. The van der Waals surface area contributed by atoms with Crippen molar-refractivity contribution in [2.75, 3.05) is 0 Å². The van der Waals surface area contributed by atoms with E-state index >= 15 is 0 Å². The number of Topliss-reactive ketones (excluding diaryl/α,β-unsaturated/α-hetero) is 4. The van der Waals surface area contributed by atoms with Gasteiger partial charge in [-0.25, -0.2) is 0 Å². The first kappa shape index (κ1) is 21.8. The Morgan fingerprint density at radius 2 is 0.967 bits per heavy atom. The van der Waals surface area contributed by atoms with Gasteiger partial charge in [0.25, 0.3) is 0 Å². The average Bonchev–Trinajstić information content (AvgIpc) is 2.60. The van der Waals surface area contributed by atoms with Gasteiger partial charge in [0.15, 0.2) is 11.6 Å². The minimum Gasteiger partial charge on any atom is -0.289 e. The molecule has 0 aliphatic heterocycles. The van der Waals surface area contributed by atoms with E-state index in [1.807, 2.05) is 41.5 Å². The lowest BCUT2D eigenvalue weighted by Gasteiger charge is -2.32. The predicted molar refractivity (Wildman–Crippen MR) is 117 cm³/mol. The molecule has 2 aliphatic carbocycles. The first-order valence-corrected chi connectivity index (χ1v) is 10.1. The standard InChI is InChI=1S/C26H28O4/c1-13-9-10-14(2)19-18(13)22(28)20(24(30)23(19)29)15-11-16(25(3,4)5)21(27)17(12-15)26(6,7)8/h9-12H,1-8H3. The highest BCUT2D eigenvalue weighted by Gasteiger charge is 2.41. The van der Waals surface area contributed by atoms with Crippen LogP contribution >= 0.6 is 0 Å². The van der Waals surface area contributed by atoms with Crippen molar-refractivity contribution in [3.63, 3.8) is 0 Å². The van der Waals surface area contributed by atoms with Gasteiger partial charge in [-0.15, -0.1) is 0 Å². The van der Waals surface area contributed by atoms with E-state index in [0.29, 0.717) is 27.8 Å². The van der Waals surface area contributed by atoms with Gasteiger partial charge in [-0.1, -0.05) is 53.7 Å². The molecule has 0 heterocycles. The van der Waals surface area contributed by atoms with E-state index in [0.717, 1.165) is 0 Å². The first-order chi connectivity index (χ1) is 13.7. The summed E-state index contributed by atoms with van der Waals surface area (Å²) in [6.45, 7) is 15.0. The molecule has 0 saturated heterocycles. The maximum atomic E-state index is 13.5. The smallest absolute Gasteiger partial charge is 0.238 e. The molecule has 0 radical (unpaired) electrons. The van der Waals surface area contributed by atoms with Gasteiger partial charge in [-0.05, 0) is 53.5 Å². The van der Waals surface area contributed by atoms with Crippen LogP contribution in [0.15, 0.2) is 46.6 Å². The number of carbonyl (C=O) groups excluding carboxylic acids is 4. The molecule has 0 spiro atoms. The third-order valence-electron chi connectivity index (χ3n) is 5.73. The molecular weight excluding hydrogens is 376 g/mol. The second-order valence-corrected chi connectivity index (χ2v) is 10.2. The number of hydrogen-bond acceptors (Lipinski definition) is 4. The lowest BCUT2D eigenvalue weighted by atomic mass is 9.70. The van der Waals surface area contributed by atoms with Gasteiger partial charge >= 0.3 is 0 Å². The van der Waals surface area contributed by atoms with E-state index in [2.05, 4.69) is 0 Å². The molecule has 0 unspecified atom stereocenters. The highest BCUT2D eigenvalue weighted by Crippen LogP contribution is 2.41. The van der Waals surface area contributed by atoms with Crippen LogP contribution in [0.4, 0.5) is 0 Å². The van der Waals surface area contributed by atoms with Crippen LogP contribution in [0, 0.1) is 24.7 Å². The molecule has 0 aromatic heterocycles. The Bertz CT molecular complexity index is 1090. The molecule has 0 atom stereocenters. The maximum Gasteiger partial charge on any atom is 0.238 e. The molecule has 0 amide bonds. The lowest BCUT2D eigenvalue weighted by molar-refractivity contribution is -0.114. The molecule has 156 valence electrons. The van der Waals surface area contributed by atoms with Crippen LogP contribution in [-0.2, 0) is 9.59 Å². The number of ketones is 4. The van der Waals surface area contributed by atoms with E-state index in [9.17, 15) is 19.2 Å². The fourth-order valence-electron chi connectivity index (χ4n) is 4.00. The van der Waals surface area contributed by atoms with Crippen LogP contribution in [0.5, 0.6) is 0 Å². The number of allylic oxidation sites excluding steroid dienone is 6. The third-order valence-corrected chi connectivity index (χ3v) is 5.73. The van der Waals surface area contributed by atoms with Crippen LogP contribution in [-0.4, -0.2) is 23.1 Å². The van der Waals surface area contributed by atoms with Crippen molar-refractivity contribution in [2.24, 2.45) is 10.8 Å². The summed E-state index contributed by atoms with van der Waals surface area (Å²) in [5, 5.41) is 0. The van der Waals surface area contributed by atoms with Crippen molar-refractivity contribution >= 4 is 23.1 Å². The van der Waals surface area contributed by atoms with Crippen molar-refractivity contribution in [3.8, 4) is 0 Å². The summed E-state index contributed by atoms with van der Waals surface area (Å²) in [5.41, 5.74) is 2.04. The maximum absolute atomic E-state index is 13.5. The monoisotopic (exact) mass is 404 g/mol. The van der Waals surface area contributed by atoms with Crippen molar-refractivity contribution in [1.29, 1.82) is 0 Å². The Balaban J connectivity index is 2.39. The number of hydrogen-bond donors (Lipinski definition) is 0. The molecule has 0 fully saturated rings. The zero-order valence-electron chi connectivity index (χ0n) is 18.9. The van der Waals surface area contributed by atoms with E-state index in [-0.39, 0.29) is 22.5 Å². The Labute approximate surface area is 177 Å². The SMILES string of the molecule is Cc1ccc(C)c2c1C(=O)C(=O)C(=C1C=C(C(C)(C)C)C(=O)C(C(C)(C)C)=C1)C2=O. The number of benzene rings is 1. The molecule has 0 bridgehead atoms. The van der Waals surface area contributed by atoms with Crippen LogP contribution in [0.1, 0.15) is 73.4 Å². The molecular formula is C26H28O4. The van der Waals surface area contributed by atoms with Crippen LogP contribution < -0.4 is 0 Å². The largest absolute Gasteiger partial charge is 0.289 e. The van der Waals surface area contributed by atoms with E-state index in [1.165, 1.54) is 0 Å². The van der Waals surface area contributed by atoms with Gasteiger partial charge < -0.3 is 0 Å². The van der Waals surface area contributed by atoms with Crippen molar-refractivity contribution in [3.05, 3.63) is 68.8 Å². The van der Waals surface area contributed by atoms with E-state index < -0.39 is 28.2 Å². The zero-order chi connectivity index (χ0) is 22.8. The summed E-state index contributed by atoms with van der Waals surface area (Å²) in [7, 11) is 0. The van der Waals surface area contributed by atoms with Crippen molar-refractivity contribution in [1.82, 2.24) is 0 Å². The zero-order valence-corrected chi connectivity index (χ0v) is 18.9. The normalized spacial score (nSPS) is 17.9. The van der Waals surface area contributed by atoms with Gasteiger partial charge in [0.2, 0.25) is 11.6 Å². The fraction of sp³-hybridized carbons (Fsp3) is 0.385. The number of carbonyl (C=O) groups is 4. The molecule has 0 N–H and O–H groups in total. The van der Waals surface area contributed by atoms with E-state index in [4.69, 9.17) is 0 Å². The molecule has 0 saturated carbocycles. The quantitative estimate of drug-likeness (QED) is 0.344. The second kappa shape index (κ2) is 6.83. The van der Waals surface area contributed by atoms with Crippen molar-refractivity contribution < 1.29 is 19.2 Å². The Kier molecular flexibility index (Phi) is 4.97. The van der Waals surface area contributed by atoms with Gasteiger partial charge in [-0.2, -0.15) is 0 Å². The second-order valence-electron chi connectivity index (χ2n) is 10.2. The number of fused-ring (bicyclic) bond motifs is 1. The minimum atomic E-state index is -0.806. The summed E-state index contributed by atoms with van der Waals surface area (Å²) in [6, 6.07) is 3.54. The molecule has 4 nitrogen and oxygen atoms in total. The van der Waals surface area contributed by atoms with Gasteiger partial charge in [0.05, 0.1) is 5.57 Å². The summed E-state index contributed by atoms with van der Waals surface area (Å²) in [4.78, 5) is 52.7. The highest BCUT2D eigenvalue weighted by molar-refractivity contribution is 6.60. The van der Waals surface area contributed by atoms with Gasteiger partial charge in [-0.3, -0.25) is 19.2 Å². The van der Waals surface area contributed by atoms with Crippen LogP contribution in [0.2, 0.25) is 0 Å². The predicted octanol–water partition coefficient (Wildman–Crippen LogP) is 5.08. The minimum absolute atomic E-state index is 0.0891. The number of aryl methyl sites for hydroxylation is 2. The highest BCUT2D eigenvalue weighted by atomic mass is 16.2.